The maximum Gasteiger partial charge on any atom is 0.126 e. The first kappa shape index (κ1) is 38.0. The zero-order chi connectivity index (χ0) is 44.0. The number of aromatic nitrogens is 5. The van der Waals surface area contributed by atoms with E-state index in [1.807, 2.05) is 6.92 Å². The summed E-state index contributed by atoms with van der Waals surface area (Å²) in [5.74, 6) is 0.747. The van der Waals surface area contributed by atoms with Gasteiger partial charge in [-0.25, -0.2) is 9.97 Å². The van der Waals surface area contributed by atoms with Crippen molar-refractivity contribution in [1.29, 1.82) is 0 Å². The van der Waals surface area contributed by atoms with E-state index in [2.05, 4.69) is 234 Å². The van der Waals surface area contributed by atoms with Crippen LogP contribution in [0.15, 0.2) is 206 Å². The summed E-state index contributed by atoms with van der Waals surface area (Å²) < 4.78 is 7.33. The molecular formula is C61H43N5. The first-order chi connectivity index (χ1) is 32.5. The molecule has 0 aliphatic carbocycles. The van der Waals surface area contributed by atoms with Gasteiger partial charge >= 0.3 is 0 Å². The number of hydrogen-bond acceptors (Lipinski definition) is 2. The zero-order valence-electron chi connectivity index (χ0n) is 36.9. The largest absolute Gasteiger partial charge is 0.309 e. The Hall–Kier alpha value is -8.54. The Labute approximate surface area is 382 Å². The Morgan fingerprint density at radius 3 is 1.21 bits per heavy atom. The normalized spacial score (nSPS) is 11.9. The number of benzene rings is 9. The minimum Gasteiger partial charge on any atom is -0.309 e. The molecule has 5 heteroatoms. The summed E-state index contributed by atoms with van der Waals surface area (Å²) >= 11 is 0. The summed E-state index contributed by atoms with van der Waals surface area (Å²) in [5, 5.41) is 7.40. The van der Waals surface area contributed by atoms with Gasteiger partial charge in [-0.1, -0.05) is 127 Å². The van der Waals surface area contributed by atoms with Crippen molar-refractivity contribution in [2.75, 3.05) is 0 Å². The van der Waals surface area contributed by atoms with Gasteiger partial charge in [-0.3, -0.25) is 0 Å². The van der Waals surface area contributed by atoms with E-state index in [4.69, 9.17) is 9.97 Å². The molecule has 0 saturated heterocycles. The molecule has 312 valence electrons. The van der Waals surface area contributed by atoms with Gasteiger partial charge < -0.3 is 13.7 Å². The highest BCUT2D eigenvalue weighted by atomic mass is 15.0. The molecule has 0 N–H and O–H groups in total. The predicted molar refractivity (Wildman–Crippen MR) is 276 cm³/mol. The van der Waals surface area contributed by atoms with Gasteiger partial charge in [0.05, 0.1) is 44.5 Å². The number of nitrogens with zero attached hydrogens (tertiary/aromatic N) is 5. The van der Waals surface area contributed by atoms with E-state index in [1.165, 1.54) is 59.9 Å². The van der Waals surface area contributed by atoms with Crippen molar-refractivity contribution in [1.82, 2.24) is 23.7 Å². The fourth-order valence-electron chi connectivity index (χ4n) is 10.7. The molecule has 0 atom stereocenters. The number of hydrogen-bond donors (Lipinski definition) is 0. The molecule has 0 bridgehead atoms. The molecule has 4 aromatic heterocycles. The Kier molecular flexibility index (Phi) is 8.49. The van der Waals surface area contributed by atoms with Crippen molar-refractivity contribution in [3.63, 3.8) is 0 Å². The minimum absolute atomic E-state index is 0.747. The molecule has 0 aliphatic heterocycles. The molecule has 13 aromatic rings. The van der Waals surface area contributed by atoms with Crippen LogP contribution in [0.1, 0.15) is 17.1 Å². The fourth-order valence-corrected chi connectivity index (χ4v) is 10.7. The first-order valence-electron chi connectivity index (χ1n) is 22.7. The second-order valence-electron chi connectivity index (χ2n) is 17.6. The molecule has 0 amide bonds. The number of aryl methyl sites for hydroxylation is 3. The van der Waals surface area contributed by atoms with Crippen LogP contribution in [0.3, 0.4) is 0 Å². The quantitative estimate of drug-likeness (QED) is 0.167. The van der Waals surface area contributed by atoms with Crippen LogP contribution in [0.4, 0.5) is 0 Å². The van der Waals surface area contributed by atoms with Gasteiger partial charge in [-0.2, -0.15) is 0 Å². The van der Waals surface area contributed by atoms with Crippen LogP contribution in [0, 0.1) is 20.8 Å². The van der Waals surface area contributed by atoms with E-state index in [-0.39, 0.29) is 0 Å². The van der Waals surface area contributed by atoms with Gasteiger partial charge in [0.2, 0.25) is 0 Å². The van der Waals surface area contributed by atoms with Gasteiger partial charge in [0.25, 0.3) is 0 Å². The van der Waals surface area contributed by atoms with E-state index in [0.29, 0.717) is 0 Å². The molecule has 0 saturated carbocycles. The number of rotatable bonds is 6. The lowest BCUT2D eigenvalue weighted by Crippen LogP contribution is -2.03. The standard InChI is InChI=1S/C61H43N5/c1-38-30-31-60-53(32-38)50-24-8-13-29-59(50)66(60)61-51(41-16-14-18-44(34-41)64-55-25-9-4-20-46(55)47-21-5-10-26-56(47)64)36-43(54-33-39(2)62-40(3)63-54)37-52(61)42-17-15-19-45(35-42)65-57-27-11-6-22-48(57)49-23-7-12-28-58(49)65/h4-37H,1-3H3. The molecule has 5 nitrogen and oxygen atoms in total. The lowest BCUT2D eigenvalue weighted by molar-refractivity contribution is 1.02. The fraction of sp³-hybridized carbons (Fsp3) is 0.0492. The van der Waals surface area contributed by atoms with Gasteiger partial charge in [-0.05, 0) is 117 Å². The highest BCUT2D eigenvalue weighted by Crippen LogP contribution is 2.45. The second-order valence-corrected chi connectivity index (χ2v) is 17.6. The summed E-state index contributed by atoms with van der Waals surface area (Å²) in [6.07, 6.45) is 0. The van der Waals surface area contributed by atoms with Crippen LogP contribution in [-0.2, 0) is 0 Å². The lowest BCUT2D eigenvalue weighted by Gasteiger charge is -2.22. The smallest absolute Gasteiger partial charge is 0.126 e. The van der Waals surface area contributed by atoms with Crippen molar-refractivity contribution in [3.8, 4) is 50.6 Å². The molecular weight excluding hydrogens is 803 g/mol. The van der Waals surface area contributed by atoms with Crippen molar-refractivity contribution >= 4 is 65.4 Å². The van der Waals surface area contributed by atoms with Crippen LogP contribution >= 0.6 is 0 Å². The Balaban J connectivity index is 1.16. The average Bonchev–Trinajstić information content (AvgIpc) is 3.99. The van der Waals surface area contributed by atoms with Gasteiger partial charge in [0.1, 0.15) is 5.82 Å². The topological polar surface area (TPSA) is 40.6 Å². The summed E-state index contributed by atoms with van der Waals surface area (Å²) in [6, 6.07) is 75.7. The summed E-state index contributed by atoms with van der Waals surface area (Å²) in [6.45, 7) is 6.22. The van der Waals surface area contributed by atoms with Crippen LogP contribution in [-0.4, -0.2) is 23.7 Å². The summed E-state index contributed by atoms with van der Waals surface area (Å²) in [5.41, 5.74) is 18.8. The van der Waals surface area contributed by atoms with E-state index in [0.717, 1.165) is 73.1 Å². The van der Waals surface area contributed by atoms with Crippen molar-refractivity contribution in [2.24, 2.45) is 0 Å². The third kappa shape index (κ3) is 5.87. The van der Waals surface area contributed by atoms with Crippen LogP contribution in [0.25, 0.3) is 116 Å². The molecule has 66 heavy (non-hydrogen) atoms. The van der Waals surface area contributed by atoms with E-state index < -0.39 is 0 Å². The highest BCUT2D eigenvalue weighted by Gasteiger charge is 2.24. The Morgan fingerprint density at radius 1 is 0.318 bits per heavy atom. The van der Waals surface area contributed by atoms with Crippen molar-refractivity contribution in [2.45, 2.75) is 20.8 Å². The lowest BCUT2D eigenvalue weighted by atomic mass is 9.91. The number of fused-ring (bicyclic) bond motifs is 9. The van der Waals surface area contributed by atoms with Crippen molar-refractivity contribution < 1.29 is 0 Å². The molecule has 0 fully saturated rings. The highest BCUT2D eigenvalue weighted by molar-refractivity contribution is 6.12. The minimum atomic E-state index is 0.747. The van der Waals surface area contributed by atoms with Gasteiger partial charge in [0, 0.05) is 66.1 Å². The van der Waals surface area contributed by atoms with Crippen molar-refractivity contribution in [3.05, 3.63) is 223 Å². The number of para-hydroxylation sites is 5. The van der Waals surface area contributed by atoms with Crippen LogP contribution in [0.2, 0.25) is 0 Å². The molecule has 9 aromatic carbocycles. The van der Waals surface area contributed by atoms with Gasteiger partial charge in [0.15, 0.2) is 0 Å². The first-order valence-corrected chi connectivity index (χ1v) is 22.7. The summed E-state index contributed by atoms with van der Waals surface area (Å²) in [4.78, 5) is 9.82. The zero-order valence-corrected chi connectivity index (χ0v) is 36.9. The molecule has 4 heterocycles. The SMILES string of the molecule is Cc1ccc2c(c1)c1ccccc1n2-c1c(-c2cccc(-n3c4ccccc4c4ccccc43)c2)cc(-c2cc(C)nc(C)n2)cc1-c1cccc(-n2c3ccccc3c3ccccc32)c1. The maximum absolute atomic E-state index is 5.10. The molecule has 0 radical (unpaired) electrons. The van der Waals surface area contributed by atoms with Crippen LogP contribution < -0.4 is 0 Å². The van der Waals surface area contributed by atoms with E-state index in [9.17, 15) is 0 Å². The molecule has 13 rings (SSSR count). The predicted octanol–water partition coefficient (Wildman–Crippen LogP) is 15.7. The second kappa shape index (κ2) is 14.8. The van der Waals surface area contributed by atoms with E-state index in [1.54, 1.807) is 0 Å². The Morgan fingerprint density at radius 2 is 0.742 bits per heavy atom. The maximum atomic E-state index is 5.10. The average molecular weight is 846 g/mol. The molecule has 0 spiro atoms. The van der Waals surface area contributed by atoms with Crippen LogP contribution in [0.5, 0.6) is 0 Å². The molecule has 0 aliphatic rings. The van der Waals surface area contributed by atoms with E-state index >= 15 is 0 Å². The van der Waals surface area contributed by atoms with Gasteiger partial charge in [-0.15, -0.1) is 0 Å². The third-order valence-electron chi connectivity index (χ3n) is 13.4. The summed E-state index contributed by atoms with van der Waals surface area (Å²) in [7, 11) is 0. The Bertz CT molecular complexity index is 3800. The molecule has 0 unspecified atom stereocenters. The third-order valence-corrected chi connectivity index (χ3v) is 13.4. The monoisotopic (exact) mass is 845 g/mol.